The van der Waals surface area contributed by atoms with Crippen LogP contribution in [0.5, 0.6) is 5.75 Å². The fourth-order valence-electron chi connectivity index (χ4n) is 2.32. The van der Waals surface area contributed by atoms with Crippen molar-refractivity contribution in [3.63, 3.8) is 0 Å². The van der Waals surface area contributed by atoms with E-state index in [1.807, 2.05) is 13.0 Å². The molecule has 0 aromatic heterocycles. The van der Waals surface area contributed by atoms with Crippen molar-refractivity contribution in [2.24, 2.45) is 0 Å². The summed E-state index contributed by atoms with van der Waals surface area (Å²) < 4.78 is 5.70. The largest absolute Gasteiger partial charge is 0.492 e. The van der Waals surface area contributed by atoms with Gasteiger partial charge >= 0.3 is 0 Å². The van der Waals surface area contributed by atoms with E-state index in [9.17, 15) is 0 Å². The second-order valence-electron chi connectivity index (χ2n) is 4.56. The van der Waals surface area contributed by atoms with Gasteiger partial charge in [-0.15, -0.1) is 0 Å². The van der Waals surface area contributed by atoms with Crippen molar-refractivity contribution < 1.29 is 4.74 Å². The minimum atomic E-state index is 0.534. The van der Waals surface area contributed by atoms with E-state index in [0.29, 0.717) is 6.04 Å². The number of benzene rings is 1. The normalized spacial score (nSPS) is 21.1. The molecule has 1 aromatic carbocycles. The summed E-state index contributed by atoms with van der Waals surface area (Å²) in [5, 5.41) is 3.51. The zero-order valence-electron chi connectivity index (χ0n) is 10.8. The van der Waals surface area contributed by atoms with Crippen LogP contribution in [-0.4, -0.2) is 32.3 Å². The fraction of sp³-hybridized carbons (Fsp3) is 0.571. The van der Waals surface area contributed by atoms with E-state index in [1.54, 1.807) is 0 Å². The summed E-state index contributed by atoms with van der Waals surface area (Å²) in [4.78, 5) is 2.43. The first-order valence-electron chi connectivity index (χ1n) is 6.51. The van der Waals surface area contributed by atoms with Crippen molar-refractivity contribution >= 4 is 5.69 Å². The van der Waals surface area contributed by atoms with E-state index in [1.165, 1.54) is 12.1 Å². The SMILES string of the molecule is CCOc1ccccc1N1CCCNC(C)C1. The summed E-state index contributed by atoms with van der Waals surface area (Å²) >= 11 is 0. The van der Waals surface area contributed by atoms with Crippen LogP contribution < -0.4 is 15.0 Å². The maximum Gasteiger partial charge on any atom is 0.142 e. The van der Waals surface area contributed by atoms with E-state index < -0.39 is 0 Å². The average Bonchev–Trinajstić information content (AvgIpc) is 2.55. The first-order valence-corrected chi connectivity index (χ1v) is 6.51. The molecule has 1 aliphatic heterocycles. The van der Waals surface area contributed by atoms with Gasteiger partial charge in [0.25, 0.3) is 0 Å². The summed E-state index contributed by atoms with van der Waals surface area (Å²) in [5.41, 5.74) is 1.23. The molecule has 0 bridgehead atoms. The zero-order chi connectivity index (χ0) is 12.1. The number of rotatable bonds is 3. The molecular weight excluding hydrogens is 212 g/mol. The highest BCUT2D eigenvalue weighted by Gasteiger charge is 2.17. The van der Waals surface area contributed by atoms with Crippen LogP contribution in [0.4, 0.5) is 5.69 Å². The molecule has 1 aliphatic rings. The summed E-state index contributed by atoms with van der Waals surface area (Å²) in [6, 6.07) is 8.87. The molecule has 1 saturated heterocycles. The molecule has 0 radical (unpaired) electrons. The molecule has 1 heterocycles. The Morgan fingerprint density at radius 2 is 2.24 bits per heavy atom. The van der Waals surface area contributed by atoms with E-state index in [4.69, 9.17) is 4.74 Å². The number of nitrogens with zero attached hydrogens (tertiary/aromatic N) is 1. The molecule has 0 saturated carbocycles. The predicted molar refractivity (Wildman–Crippen MR) is 71.9 cm³/mol. The highest BCUT2D eigenvalue weighted by atomic mass is 16.5. The molecule has 94 valence electrons. The Morgan fingerprint density at radius 3 is 3.06 bits per heavy atom. The van der Waals surface area contributed by atoms with Crippen LogP contribution in [0, 0.1) is 0 Å². The third-order valence-electron chi connectivity index (χ3n) is 3.10. The molecule has 1 fully saturated rings. The number of hydrogen-bond acceptors (Lipinski definition) is 3. The summed E-state index contributed by atoms with van der Waals surface area (Å²) in [5.74, 6) is 1.00. The minimum absolute atomic E-state index is 0.534. The molecule has 2 rings (SSSR count). The quantitative estimate of drug-likeness (QED) is 0.868. The average molecular weight is 234 g/mol. The van der Waals surface area contributed by atoms with Crippen LogP contribution in [0.3, 0.4) is 0 Å². The number of para-hydroxylation sites is 2. The Hall–Kier alpha value is -1.22. The summed E-state index contributed by atoms with van der Waals surface area (Å²) in [6.07, 6.45) is 1.19. The molecule has 0 aliphatic carbocycles. The number of hydrogen-bond donors (Lipinski definition) is 1. The van der Waals surface area contributed by atoms with E-state index >= 15 is 0 Å². The maximum absolute atomic E-state index is 5.70. The van der Waals surface area contributed by atoms with Crippen LogP contribution >= 0.6 is 0 Å². The summed E-state index contributed by atoms with van der Waals surface area (Å²) in [6.45, 7) is 8.24. The van der Waals surface area contributed by atoms with Gasteiger partial charge in [0.15, 0.2) is 0 Å². The first kappa shape index (κ1) is 12.2. The molecule has 3 heteroatoms. The number of ether oxygens (including phenoxy) is 1. The number of anilines is 1. The van der Waals surface area contributed by atoms with Gasteiger partial charge in [0.2, 0.25) is 0 Å². The standard InChI is InChI=1S/C14H22N2O/c1-3-17-14-8-5-4-7-13(14)16-10-6-9-15-12(2)11-16/h4-5,7-8,12,15H,3,6,9-11H2,1-2H3. The van der Waals surface area contributed by atoms with Crippen LogP contribution in [0.25, 0.3) is 0 Å². The Bertz CT molecular complexity index is 354. The molecule has 1 N–H and O–H groups in total. The lowest BCUT2D eigenvalue weighted by atomic mass is 10.2. The van der Waals surface area contributed by atoms with Gasteiger partial charge in [0, 0.05) is 19.1 Å². The lowest BCUT2D eigenvalue weighted by molar-refractivity contribution is 0.340. The van der Waals surface area contributed by atoms with Gasteiger partial charge in [0.05, 0.1) is 12.3 Å². The second kappa shape index (κ2) is 5.92. The third kappa shape index (κ3) is 3.13. The monoisotopic (exact) mass is 234 g/mol. The molecule has 17 heavy (non-hydrogen) atoms. The summed E-state index contributed by atoms with van der Waals surface area (Å²) in [7, 11) is 0. The zero-order valence-corrected chi connectivity index (χ0v) is 10.8. The molecule has 1 unspecified atom stereocenters. The van der Waals surface area contributed by atoms with Crippen LogP contribution in [0.15, 0.2) is 24.3 Å². The third-order valence-corrected chi connectivity index (χ3v) is 3.10. The van der Waals surface area contributed by atoms with Gasteiger partial charge in [-0.05, 0) is 38.9 Å². The molecular formula is C14H22N2O. The Labute approximate surface area is 104 Å². The van der Waals surface area contributed by atoms with Gasteiger partial charge in [0.1, 0.15) is 5.75 Å². The first-order chi connectivity index (χ1) is 8.31. The van der Waals surface area contributed by atoms with Gasteiger partial charge < -0.3 is 15.0 Å². The predicted octanol–water partition coefficient (Wildman–Crippen LogP) is 2.27. The van der Waals surface area contributed by atoms with Gasteiger partial charge in [-0.25, -0.2) is 0 Å². The Kier molecular flexibility index (Phi) is 4.26. The lowest BCUT2D eigenvalue weighted by Crippen LogP contribution is -2.35. The van der Waals surface area contributed by atoms with Gasteiger partial charge in [-0.3, -0.25) is 0 Å². The lowest BCUT2D eigenvalue weighted by Gasteiger charge is -2.26. The topological polar surface area (TPSA) is 24.5 Å². The van der Waals surface area contributed by atoms with Crippen molar-refractivity contribution in [2.45, 2.75) is 26.3 Å². The highest BCUT2D eigenvalue weighted by molar-refractivity contribution is 5.58. The van der Waals surface area contributed by atoms with Crippen molar-refractivity contribution in [3.05, 3.63) is 24.3 Å². The molecule has 0 spiro atoms. The smallest absolute Gasteiger partial charge is 0.142 e. The van der Waals surface area contributed by atoms with Crippen molar-refractivity contribution in [2.75, 3.05) is 31.1 Å². The minimum Gasteiger partial charge on any atom is -0.492 e. The van der Waals surface area contributed by atoms with Crippen molar-refractivity contribution in [3.8, 4) is 5.75 Å². The van der Waals surface area contributed by atoms with E-state index in [2.05, 4.69) is 35.3 Å². The molecule has 0 amide bonds. The Morgan fingerprint density at radius 1 is 1.41 bits per heavy atom. The van der Waals surface area contributed by atoms with Crippen molar-refractivity contribution in [1.29, 1.82) is 0 Å². The molecule has 1 atom stereocenters. The fourth-order valence-corrected chi connectivity index (χ4v) is 2.32. The second-order valence-corrected chi connectivity index (χ2v) is 4.56. The maximum atomic E-state index is 5.70. The van der Waals surface area contributed by atoms with Crippen LogP contribution in [-0.2, 0) is 0 Å². The van der Waals surface area contributed by atoms with Crippen LogP contribution in [0.2, 0.25) is 0 Å². The molecule has 1 aromatic rings. The van der Waals surface area contributed by atoms with E-state index in [-0.39, 0.29) is 0 Å². The number of nitrogens with one attached hydrogen (secondary N) is 1. The van der Waals surface area contributed by atoms with Crippen molar-refractivity contribution in [1.82, 2.24) is 5.32 Å². The van der Waals surface area contributed by atoms with Gasteiger partial charge in [-0.1, -0.05) is 12.1 Å². The van der Waals surface area contributed by atoms with E-state index in [0.717, 1.165) is 32.0 Å². The highest BCUT2D eigenvalue weighted by Crippen LogP contribution is 2.28. The molecule has 3 nitrogen and oxygen atoms in total. The Balaban J connectivity index is 2.19. The van der Waals surface area contributed by atoms with Gasteiger partial charge in [-0.2, -0.15) is 0 Å². The van der Waals surface area contributed by atoms with Crippen LogP contribution in [0.1, 0.15) is 20.3 Å².